The van der Waals surface area contributed by atoms with E-state index < -0.39 is 6.10 Å². The van der Waals surface area contributed by atoms with E-state index in [9.17, 15) is 9.90 Å². The minimum absolute atomic E-state index is 0.0533. The number of nitrogens with one attached hydrogen (secondary N) is 1. The van der Waals surface area contributed by atoms with Crippen LogP contribution in [0.3, 0.4) is 0 Å². The Morgan fingerprint density at radius 2 is 2.12 bits per heavy atom. The van der Waals surface area contributed by atoms with Crippen molar-refractivity contribution >= 4 is 5.91 Å². The fraction of sp³-hybridized carbons (Fsp3) is 0.923. The van der Waals surface area contributed by atoms with Crippen molar-refractivity contribution < 1.29 is 14.6 Å². The van der Waals surface area contributed by atoms with Gasteiger partial charge >= 0.3 is 0 Å². The maximum absolute atomic E-state index is 11.5. The van der Waals surface area contributed by atoms with Gasteiger partial charge < -0.3 is 15.2 Å². The number of amides is 1. The number of carbonyl (C=O) groups excluding carboxylic acids is 1. The lowest BCUT2D eigenvalue weighted by Crippen LogP contribution is -2.36. The molecule has 17 heavy (non-hydrogen) atoms. The van der Waals surface area contributed by atoms with E-state index in [4.69, 9.17) is 4.74 Å². The van der Waals surface area contributed by atoms with Crippen molar-refractivity contribution in [3.05, 3.63) is 0 Å². The van der Waals surface area contributed by atoms with E-state index in [1.54, 1.807) is 0 Å². The van der Waals surface area contributed by atoms with Crippen LogP contribution in [0.2, 0.25) is 0 Å². The van der Waals surface area contributed by atoms with Crippen molar-refractivity contribution in [2.75, 3.05) is 19.8 Å². The van der Waals surface area contributed by atoms with Gasteiger partial charge in [0.25, 0.3) is 0 Å². The van der Waals surface area contributed by atoms with Gasteiger partial charge in [-0.05, 0) is 24.7 Å². The lowest BCUT2D eigenvalue weighted by Gasteiger charge is -2.24. The monoisotopic (exact) mass is 243 g/mol. The van der Waals surface area contributed by atoms with E-state index in [-0.39, 0.29) is 5.91 Å². The number of aliphatic hydroxyl groups excluding tert-OH is 1. The Balaban J connectivity index is 1.98. The van der Waals surface area contributed by atoms with Crippen molar-refractivity contribution in [2.24, 2.45) is 11.8 Å². The summed E-state index contributed by atoms with van der Waals surface area (Å²) in [6.45, 7) is 5.36. The molecule has 1 amide bonds. The standard InChI is InChI=1S/C13H25NO3/c1-10(2)8-17-9-12(15)7-14-13(16)6-11-4-3-5-11/h10-12,15H,3-9H2,1-2H3,(H,14,16). The first-order valence-electron chi connectivity index (χ1n) is 6.60. The lowest BCUT2D eigenvalue weighted by molar-refractivity contribution is -0.123. The van der Waals surface area contributed by atoms with Crippen LogP contribution in [0, 0.1) is 11.8 Å². The normalized spacial score (nSPS) is 17.9. The minimum Gasteiger partial charge on any atom is -0.389 e. The predicted octanol–water partition coefficient (Wildman–Crippen LogP) is 1.33. The molecule has 0 radical (unpaired) electrons. The van der Waals surface area contributed by atoms with Crippen molar-refractivity contribution in [3.63, 3.8) is 0 Å². The maximum atomic E-state index is 11.5. The van der Waals surface area contributed by atoms with Crippen LogP contribution in [0.5, 0.6) is 0 Å². The predicted molar refractivity (Wildman–Crippen MR) is 66.6 cm³/mol. The van der Waals surface area contributed by atoms with Gasteiger partial charge in [0.05, 0.1) is 12.7 Å². The van der Waals surface area contributed by atoms with Gasteiger partial charge in [-0.15, -0.1) is 0 Å². The average Bonchev–Trinajstić information content (AvgIpc) is 2.20. The van der Waals surface area contributed by atoms with Gasteiger partial charge in [0.1, 0.15) is 0 Å². The van der Waals surface area contributed by atoms with E-state index in [2.05, 4.69) is 19.2 Å². The molecule has 1 aliphatic rings. The highest BCUT2D eigenvalue weighted by atomic mass is 16.5. The van der Waals surface area contributed by atoms with E-state index in [0.29, 0.717) is 38.0 Å². The zero-order valence-corrected chi connectivity index (χ0v) is 10.9. The van der Waals surface area contributed by atoms with E-state index in [1.807, 2.05) is 0 Å². The van der Waals surface area contributed by atoms with E-state index in [1.165, 1.54) is 19.3 Å². The summed E-state index contributed by atoms with van der Waals surface area (Å²) in [6, 6.07) is 0. The van der Waals surface area contributed by atoms with Crippen LogP contribution in [0.1, 0.15) is 39.5 Å². The third kappa shape index (κ3) is 6.64. The number of ether oxygens (including phenoxy) is 1. The second kappa shape index (κ2) is 7.67. The van der Waals surface area contributed by atoms with Gasteiger partial charge in [-0.1, -0.05) is 20.3 Å². The van der Waals surface area contributed by atoms with Gasteiger partial charge in [0, 0.05) is 19.6 Å². The van der Waals surface area contributed by atoms with Crippen LogP contribution in [-0.2, 0) is 9.53 Å². The molecule has 0 spiro atoms. The molecule has 2 N–H and O–H groups in total. The molecular weight excluding hydrogens is 218 g/mol. The molecule has 0 aliphatic heterocycles. The summed E-state index contributed by atoms with van der Waals surface area (Å²) in [7, 11) is 0. The summed E-state index contributed by atoms with van der Waals surface area (Å²) in [5, 5.41) is 12.3. The number of carbonyl (C=O) groups is 1. The quantitative estimate of drug-likeness (QED) is 0.676. The molecule has 4 heteroatoms. The summed E-state index contributed by atoms with van der Waals surface area (Å²) in [5.41, 5.74) is 0. The molecule has 1 atom stereocenters. The minimum atomic E-state index is -0.598. The molecule has 1 rings (SSSR count). The highest BCUT2D eigenvalue weighted by Crippen LogP contribution is 2.28. The fourth-order valence-corrected chi connectivity index (χ4v) is 1.76. The topological polar surface area (TPSA) is 58.6 Å². The third-order valence-corrected chi connectivity index (χ3v) is 3.00. The second-order valence-electron chi connectivity index (χ2n) is 5.39. The Hall–Kier alpha value is -0.610. The van der Waals surface area contributed by atoms with Gasteiger partial charge in [-0.3, -0.25) is 4.79 Å². The molecule has 0 aromatic rings. The molecule has 4 nitrogen and oxygen atoms in total. The Morgan fingerprint density at radius 3 is 2.65 bits per heavy atom. The summed E-state index contributed by atoms with van der Waals surface area (Å²) >= 11 is 0. The number of hydrogen-bond acceptors (Lipinski definition) is 3. The molecule has 0 aromatic heterocycles. The van der Waals surface area contributed by atoms with Crippen LogP contribution in [-0.4, -0.2) is 36.9 Å². The summed E-state index contributed by atoms with van der Waals surface area (Å²) in [5.74, 6) is 1.09. The van der Waals surface area contributed by atoms with Crippen LogP contribution in [0.15, 0.2) is 0 Å². The maximum Gasteiger partial charge on any atom is 0.220 e. The molecule has 1 fully saturated rings. The number of hydrogen-bond donors (Lipinski definition) is 2. The highest BCUT2D eigenvalue weighted by molar-refractivity contribution is 5.76. The second-order valence-corrected chi connectivity index (χ2v) is 5.39. The van der Waals surface area contributed by atoms with Crippen molar-refractivity contribution in [2.45, 2.75) is 45.6 Å². The Labute approximate surface area is 104 Å². The van der Waals surface area contributed by atoms with E-state index in [0.717, 1.165) is 0 Å². The molecule has 0 aromatic carbocycles. The van der Waals surface area contributed by atoms with Gasteiger partial charge in [-0.2, -0.15) is 0 Å². The molecular formula is C13H25NO3. The van der Waals surface area contributed by atoms with E-state index >= 15 is 0 Å². The van der Waals surface area contributed by atoms with Gasteiger partial charge in [-0.25, -0.2) is 0 Å². The number of rotatable bonds is 8. The Kier molecular flexibility index (Phi) is 6.52. The van der Waals surface area contributed by atoms with Gasteiger partial charge in [0.15, 0.2) is 0 Å². The summed E-state index contributed by atoms with van der Waals surface area (Å²) in [4.78, 5) is 11.5. The van der Waals surface area contributed by atoms with Crippen molar-refractivity contribution in [1.29, 1.82) is 0 Å². The Morgan fingerprint density at radius 1 is 1.41 bits per heavy atom. The molecule has 1 unspecified atom stereocenters. The zero-order chi connectivity index (χ0) is 12.7. The van der Waals surface area contributed by atoms with Crippen LogP contribution >= 0.6 is 0 Å². The number of aliphatic hydroxyl groups is 1. The Bertz CT molecular complexity index is 227. The molecule has 1 aliphatic carbocycles. The fourth-order valence-electron chi connectivity index (χ4n) is 1.76. The summed E-state index contributed by atoms with van der Waals surface area (Å²) < 4.78 is 5.30. The largest absolute Gasteiger partial charge is 0.389 e. The summed E-state index contributed by atoms with van der Waals surface area (Å²) in [6.07, 6.45) is 3.61. The first kappa shape index (κ1) is 14.5. The first-order chi connectivity index (χ1) is 8.08. The molecule has 0 saturated heterocycles. The van der Waals surface area contributed by atoms with Crippen molar-refractivity contribution in [3.8, 4) is 0 Å². The van der Waals surface area contributed by atoms with Crippen molar-refractivity contribution in [1.82, 2.24) is 5.32 Å². The third-order valence-electron chi connectivity index (χ3n) is 3.00. The highest BCUT2D eigenvalue weighted by Gasteiger charge is 2.20. The SMILES string of the molecule is CC(C)COCC(O)CNC(=O)CC1CCC1. The molecule has 0 heterocycles. The first-order valence-corrected chi connectivity index (χ1v) is 6.60. The lowest BCUT2D eigenvalue weighted by atomic mass is 9.83. The van der Waals surface area contributed by atoms with Crippen LogP contribution < -0.4 is 5.32 Å². The molecule has 1 saturated carbocycles. The zero-order valence-electron chi connectivity index (χ0n) is 10.9. The molecule has 0 bridgehead atoms. The van der Waals surface area contributed by atoms with Crippen LogP contribution in [0.25, 0.3) is 0 Å². The smallest absolute Gasteiger partial charge is 0.220 e. The molecule has 100 valence electrons. The van der Waals surface area contributed by atoms with Gasteiger partial charge in [0.2, 0.25) is 5.91 Å². The van der Waals surface area contributed by atoms with Crippen LogP contribution in [0.4, 0.5) is 0 Å². The average molecular weight is 243 g/mol.